The van der Waals surface area contributed by atoms with Crippen molar-refractivity contribution in [3.63, 3.8) is 0 Å². The summed E-state index contributed by atoms with van der Waals surface area (Å²) in [4.78, 5) is 14.9. The number of hydrogen-bond donors (Lipinski definition) is 0. The summed E-state index contributed by atoms with van der Waals surface area (Å²) in [5.41, 5.74) is 3.14. The molecule has 0 unspecified atom stereocenters. The van der Waals surface area contributed by atoms with E-state index >= 15 is 0 Å². The molecule has 0 bridgehead atoms. The van der Waals surface area contributed by atoms with Crippen molar-refractivity contribution in [3.8, 4) is 28.6 Å². The van der Waals surface area contributed by atoms with Gasteiger partial charge in [-0.1, -0.05) is 16.8 Å². The molecule has 0 aliphatic carbocycles. The van der Waals surface area contributed by atoms with Gasteiger partial charge in [0, 0.05) is 28.3 Å². The lowest BCUT2D eigenvalue weighted by Crippen LogP contribution is -2.36. The Balaban J connectivity index is 1.60. The second-order valence-corrected chi connectivity index (χ2v) is 7.27. The monoisotopic (exact) mass is 428 g/mol. The van der Waals surface area contributed by atoms with Crippen molar-refractivity contribution in [2.24, 2.45) is 0 Å². The Hall–Kier alpha value is -3.19. The zero-order chi connectivity index (χ0) is 21.3. The van der Waals surface area contributed by atoms with Crippen molar-refractivity contribution in [1.82, 2.24) is 10.1 Å². The molecular formula is C22H21ClN2O5. The third kappa shape index (κ3) is 3.57. The van der Waals surface area contributed by atoms with Crippen molar-refractivity contribution in [3.05, 3.63) is 58.2 Å². The molecule has 1 aromatic heterocycles. The minimum Gasteiger partial charge on any atom is -0.493 e. The lowest BCUT2D eigenvalue weighted by molar-refractivity contribution is 0.0730. The van der Waals surface area contributed by atoms with E-state index in [1.807, 2.05) is 24.3 Å². The number of amides is 1. The molecule has 156 valence electrons. The summed E-state index contributed by atoms with van der Waals surface area (Å²) < 4.78 is 21.6. The van der Waals surface area contributed by atoms with E-state index in [0.717, 1.165) is 22.6 Å². The summed E-state index contributed by atoms with van der Waals surface area (Å²) in [7, 11) is 4.57. The predicted octanol–water partition coefficient (Wildman–Crippen LogP) is 4.22. The fourth-order valence-electron chi connectivity index (χ4n) is 3.62. The van der Waals surface area contributed by atoms with Crippen molar-refractivity contribution in [2.75, 3.05) is 27.9 Å². The molecule has 8 heteroatoms. The highest BCUT2D eigenvalue weighted by molar-refractivity contribution is 6.30. The summed E-state index contributed by atoms with van der Waals surface area (Å²) in [5.74, 6) is 1.90. The largest absolute Gasteiger partial charge is 0.493 e. The number of carbonyl (C=O) groups is 1. The van der Waals surface area contributed by atoms with Crippen molar-refractivity contribution in [1.29, 1.82) is 0 Å². The quantitative estimate of drug-likeness (QED) is 0.605. The zero-order valence-corrected chi connectivity index (χ0v) is 17.7. The zero-order valence-electron chi connectivity index (χ0n) is 16.9. The molecular weight excluding hydrogens is 408 g/mol. The van der Waals surface area contributed by atoms with E-state index in [9.17, 15) is 4.79 Å². The summed E-state index contributed by atoms with van der Waals surface area (Å²) in [6.07, 6.45) is 0.646. The number of methoxy groups -OCH3 is 3. The fraction of sp³-hybridized carbons (Fsp3) is 0.273. The number of rotatable bonds is 5. The molecule has 0 N–H and O–H groups in total. The molecule has 0 spiro atoms. The summed E-state index contributed by atoms with van der Waals surface area (Å²) >= 11 is 5.97. The van der Waals surface area contributed by atoms with Gasteiger partial charge >= 0.3 is 0 Å². The number of aromatic nitrogens is 1. The molecule has 1 aliphatic rings. The molecule has 30 heavy (non-hydrogen) atoms. The van der Waals surface area contributed by atoms with Crippen LogP contribution in [0.3, 0.4) is 0 Å². The second kappa shape index (κ2) is 8.28. The number of carbonyl (C=O) groups excluding carboxylic acids is 1. The number of nitrogens with zero attached hydrogens (tertiary/aromatic N) is 2. The van der Waals surface area contributed by atoms with Gasteiger partial charge in [0.25, 0.3) is 5.91 Å². The van der Waals surface area contributed by atoms with Gasteiger partial charge in [0.1, 0.15) is 5.69 Å². The first kappa shape index (κ1) is 20.1. The first-order valence-corrected chi connectivity index (χ1v) is 9.76. The summed E-state index contributed by atoms with van der Waals surface area (Å²) in [6.45, 7) is 0.909. The topological polar surface area (TPSA) is 74.0 Å². The highest BCUT2D eigenvalue weighted by Crippen LogP contribution is 2.39. The average molecular weight is 429 g/mol. The first-order chi connectivity index (χ1) is 14.5. The van der Waals surface area contributed by atoms with E-state index < -0.39 is 0 Å². The van der Waals surface area contributed by atoms with Crippen molar-refractivity contribution >= 4 is 17.5 Å². The average Bonchev–Trinajstić information content (AvgIpc) is 3.21. The molecule has 0 saturated heterocycles. The molecule has 0 atom stereocenters. The van der Waals surface area contributed by atoms with Gasteiger partial charge in [-0.3, -0.25) is 4.79 Å². The molecule has 0 radical (unpaired) electrons. The van der Waals surface area contributed by atoms with Gasteiger partial charge in [-0.2, -0.15) is 0 Å². The third-order valence-corrected chi connectivity index (χ3v) is 5.40. The maximum atomic E-state index is 13.2. The number of ether oxygens (including phenoxy) is 3. The molecule has 0 saturated carbocycles. The smallest absolute Gasteiger partial charge is 0.254 e. The van der Waals surface area contributed by atoms with E-state index in [4.69, 9.17) is 30.3 Å². The van der Waals surface area contributed by atoms with Crippen LogP contribution < -0.4 is 14.2 Å². The van der Waals surface area contributed by atoms with Crippen LogP contribution in [0.1, 0.15) is 21.6 Å². The Morgan fingerprint density at radius 1 is 1.07 bits per heavy atom. The Labute approximate surface area is 179 Å². The molecule has 1 amide bonds. The highest BCUT2D eigenvalue weighted by atomic mass is 35.5. The Bertz CT molecular complexity index is 1050. The van der Waals surface area contributed by atoms with Gasteiger partial charge in [0.05, 0.1) is 27.9 Å². The van der Waals surface area contributed by atoms with Crippen molar-refractivity contribution < 1.29 is 23.5 Å². The van der Waals surface area contributed by atoms with E-state index in [2.05, 4.69) is 5.16 Å². The summed E-state index contributed by atoms with van der Waals surface area (Å²) in [6, 6.07) is 10.7. The van der Waals surface area contributed by atoms with Crippen LogP contribution in [0.5, 0.6) is 17.2 Å². The third-order valence-electron chi connectivity index (χ3n) is 5.15. The van der Waals surface area contributed by atoms with E-state index in [0.29, 0.717) is 47.3 Å². The first-order valence-electron chi connectivity index (χ1n) is 9.38. The second-order valence-electron chi connectivity index (χ2n) is 6.83. The lowest BCUT2D eigenvalue weighted by Gasteiger charge is -2.26. The van der Waals surface area contributed by atoms with Gasteiger partial charge in [-0.05, 0) is 42.8 Å². The number of halogens is 1. The molecule has 7 nitrogen and oxygen atoms in total. The van der Waals surface area contributed by atoms with Crippen LogP contribution in [0.2, 0.25) is 5.02 Å². The van der Waals surface area contributed by atoms with Crippen LogP contribution in [0.15, 0.2) is 40.9 Å². The van der Waals surface area contributed by atoms with Gasteiger partial charge in [-0.25, -0.2) is 0 Å². The SMILES string of the molecule is COc1cc(C(=O)N2CCc3c(noc3-c3ccc(Cl)cc3)C2)cc(OC)c1OC. The van der Waals surface area contributed by atoms with Crippen LogP contribution in [-0.2, 0) is 13.0 Å². The van der Waals surface area contributed by atoms with Gasteiger partial charge < -0.3 is 23.6 Å². The van der Waals surface area contributed by atoms with Gasteiger partial charge in [0.15, 0.2) is 17.3 Å². The van der Waals surface area contributed by atoms with Crippen LogP contribution in [0.25, 0.3) is 11.3 Å². The van der Waals surface area contributed by atoms with Crippen LogP contribution in [0, 0.1) is 0 Å². The molecule has 4 rings (SSSR count). The van der Waals surface area contributed by atoms with Gasteiger partial charge in [-0.15, -0.1) is 0 Å². The molecule has 2 aromatic carbocycles. The van der Waals surface area contributed by atoms with E-state index in [1.165, 1.54) is 21.3 Å². The fourth-order valence-corrected chi connectivity index (χ4v) is 3.75. The van der Waals surface area contributed by atoms with Crippen LogP contribution in [0.4, 0.5) is 0 Å². The van der Waals surface area contributed by atoms with Crippen LogP contribution in [-0.4, -0.2) is 43.8 Å². The Kier molecular flexibility index (Phi) is 5.55. The summed E-state index contributed by atoms with van der Waals surface area (Å²) in [5, 5.41) is 4.87. The molecule has 3 aromatic rings. The minimum atomic E-state index is -0.143. The standard InChI is InChI=1S/C22H21ClN2O5/c1-27-18-10-14(11-19(28-2)21(18)29-3)22(26)25-9-8-16-17(12-25)24-30-20(16)13-4-6-15(23)7-5-13/h4-7,10-11H,8-9,12H2,1-3H3. The lowest BCUT2D eigenvalue weighted by atomic mass is 10.00. The normalized spacial score (nSPS) is 13.0. The maximum absolute atomic E-state index is 13.2. The molecule has 2 heterocycles. The number of benzene rings is 2. The van der Waals surface area contributed by atoms with Crippen LogP contribution >= 0.6 is 11.6 Å². The van der Waals surface area contributed by atoms with E-state index in [1.54, 1.807) is 17.0 Å². The Morgan fingerprint density at radius 3 is 2.33 bits per heavy atom. The van der Waals surface area contributed by atoms with Crippen molar-refractivity contribution in [2.45, 2.75) is 13.0 Å². The number of hydrogen-bond acceptors (Lipinski definition) is 6. The van der Waals surface area contributed by atoms with Gasteiger partial charge in [0.2, 0.25) is 5.75 Å². The minimum absolute atomic E-state index is 0.143. The maximum Gasteiger partial charge on any atom is 0.254 e. The Morgan fingerprint density at radius 2 is 1.73 bits per heavy atom. The molecule has 1 aliphatic heterocycles. The van der Waals surface area contributed by atoms with E-state index in [-0.39, 0.29) is 5.91 Å². The predicted molar refractivity (Wildman–Crippen MR) is 111 cm³/mol. The highest BCUT2D eigenvalue weighted by Gasteiger charge is 2.29. The number of fused-ring (bicyclic) bond motifs is 1. The molecule has 0 fully saturated rings.